The van der Waals surface area contributed by atoms with Crippen molar-refractivity contribution in [1.82, 2.24) is 19.3 Å². The Hall–Kier alpha value is -2.70. The smallest absolute Gasteiger partial charge is 0.377 e. The number of hydrogen-bond acceptors (Lipinski definition) is 6. The molecule has 2 aliphatic heterocycles. The lowest BCUT2D eigenvalue weighted by molar-refractivity contribution is -0.153. The van der Waals surface area contributed by atoms with Gasteiger partial charge in [0.15, 0.2) is 0 Å². The van der Waals surface area contributed by atoms with Crippen molar-refractivity contribution in [2.45, 2.75) is 64.2 Å². The summed E-state index contributed by atoms with van der Waals surface area (Å²) in [6.45, 7) is 0.784. The van der Waals surface area contributed by atoms with Crippen LogP contribution >= 0.6 is 0 Å². The van der Waals surface area contributed by atoms with E-state index in [9.17, 15) is 26.7 Å². The highest BCUT2D eigenvalue weighted by Crippen LogP contribution is 2.36. The van der Waals surface area contributed by atoms with E-state index in [2.05, 4.69) is 10.1 Å². The van der Waals surface area contributed by atoms with Crippen molar-refractivity contribution in [3.05, 3.63) is 34.4 Å². The maximum absolute atomic E-state index is 13.9. The van der Waals surface area contributed by atoms with Crippen LogP contribution in [0.1, 0.15) is 32.5 Å². The number of alkyl halides is 5. The van der Waals surface area contributed by atoms with Crippen LogP contribution in [0.25, 0.3) is 0 Å². The largest absolute Gasteiger partial charge is 0.408 e. The Balaban J connectivity index is 1.81. The molecular formula is C19H23F5N6O2. The first-order valence-electron chi connectivity index (χ1n) is 10.2. The van der Waals surface area contributed by atoms with Crippen LogP contribution in [-0.2, 0) is 17.8 Å². The molecule has 0 amide bonds. The Labute approximate surface area is 180 Å². The second-order valence-corrected chi connectivity index (χ2v) is 8.07. The van der Waals surface area contributed by atoms with Crippen LogP contribution < -0.4 is 15.4 Å². The second kappa shape index (κ2) is 8.34. The fourth-order valence-corrected chi connectivity index (χ4v) is 4.38. The SMILES string of the molecule is C[C@@H]1COC[C@@H](C)N1c1cc(=O)n2c(n1)N(Cc1ccnn1C(F)F)C(C(F)(F)F)CC2. The van der Waals surface area contributed by atoms with Crippen LogP contribution in [0, 0.1) is 0 Å². The van der Waals surface area contributed by atoms with E-state index in [1.807, 2.05) is 18.7 Å². The van der Waals surface area contributed by atoms with Crippen molar-refractivity contribution in [2.75, 3.05) is 23.0 Å². The molecule has 0 bridgehead atoms. The number of rotatable bonds is 4. The van der Waals surface area contributed by atoms with Crippen LogP contribution in [-0.4, -0.2) is 56.8 Å². The molecule has 4 heterocycles. The molecule has 1 unspecified atom stereocenters. The minimum absolute atomic E-state index is 0.115. The fraction of sp³-hybridized carbons (Fsp3) is 0.632. The first kappa shape index (κ1) is 22.5. The van der Waals surface area contributed by atoms with Crippen molar-refractivity contribution in [3.63, 3.8) is 0 Å². The van der Waals surface area contributed by atoms with E-state index in [1.165, 1.54) is 12.1 Å². The molecule has 0 spiro atoms. The van der Waals surface area contributed by atoms with Crippen LogP contribution in [0.5, 0.6) is 0 Å². The van der Waals surface area contributed by atoms with Gasteiger partial charge in [0.05, 0.1) is 37.5 Å². The first-order chi connectivity index (χ1) is 15.1. The van der Waals surface area contributed by atoms with E-state index in [4.69, 9.17) is 4.74 Å². The summed E-state index contributed by atoms with van der Waals surface area (Å²) in [7, 11) is 0. The van der Waals surface area contributed by atoms with Crippen LogP contribution in [0.2, 0.25) is 0 Å². The van der Waals surface area contributed by atoms with Gasteiger partial charge in [0.2, 0.25) is 5.95 Å². The van der Waals surface area contributed by atoms with E-state index in [1.54, 1.807) is 0 Å². The number of fused-ring (bicyclic) bond motifs is 1. The molecule has 0 N–H and O–H groups in total. The topological polar surface area (TPSA) is 68.4 Å². The Morgan fingerprint density at radius 1 is 1.22 bits per heavy atom. The summed E-state index contributed by atoms with van der Waals surface area (Å²) in [5.41, 5.74) is -0.612. The normalized spacial score (nSPS) is 24.2. The van der Waals surface area contributed by atoms with Gasteiger partial charge >= 0.3 is 12.7 Å². The van der Waals surface area contributed by atoms with Gasteiger partial charge in [-0.2, -0.15) is 32.0 Å². The Kier molecular flexibility index (Phi) is 5.86. The highest BCUT2D eigenvalue weighted by atomic mass is 19.4. The highest BCUT2D eigenvalue weighted by molar-refractivity contribution is 5.48. The molecular weight excluding hydrogens is 439 g/mol. The molecule has 3 atom stereocenters. The number of aromatic nitrogens is 4. The number of halogens is 5. The van der Waals surface area contributed by atoms with Crippen LogP contribution in [0.3, 0.4) is 0 Å². The van der Waals surface area contributed by atoms with Crippen molar-refractivity contribution >= 4 is 11.8 Å². The van der Waals surface area contributed by atoms with Crippen molar-refractivity contribution in [3.8, 4) is 0 Å². The van der Waals surface area contributed by atoms with E-state index in [-0.39, 0.29) is 36.1 Å². The molecule has 32 heavy (non-hydrogen) atoms. The lowest BCUT2D eigenvalue weighted by atomic mass is 10.1. The lowest BCUT2D eigenvalue weighted by Gasteiger charge is -2.42. The third kappa shape index (κ3) is 4.05. The van der Waals surface area contributed by atoms with E-state index >= 15 is 0 Å². The average molecular weight is 462 g/mol. The molecule has 8 nitrogen and oxygen atoms in total. The zero-order valence-corrected chi connectivity index (χ0v) is 17.5. The number of nitrogens with zero attached hydrogens (tertiary/aromatic N) is 6. The molecule has 2 aromatic heterocycles. The van der Waals surface area contributed by atoms with Crippen LogP contribution in [0.15, 0.2) is 23.1 Å². The summed E-state index contributed by atoms with van der Waals surface area (Å²) in [5.74, 6) is 0.0359. The molecule has 0 aliphatic carbocycles. The number of hydrogen-bond donors (Lipinski definition) is 0. The summed E-state index contributed by atoms with van der Waals surface area (Å²) >= 11 is 0. The molecule has 0 aromatic carbocycles. The summed E-state index contributed by atoms with van der Waals surface area (Å²) in [5, 5.41) is 3.50. The molecule has 0 radical (unpaired) electrons. The standard InChI is InChI=1S/C19H23F5N6O2/c1-11-9-32-10-12(2)29(11)15-7-16(31)27-6-4-14(19(22,23)24)28(18(27)26-15)8-13-3-5-25-30(13)17(20)21/h3,5,7,11-12,14,17H,4,6,8-10H2,1-2H3/t11-,12-,14?/m1/s1. The molecule has 1 fully saturated rings. The van der Waals surface area contributed by atoms with E-state index in [0.717, 1.165) is 15.7 Å². The minimum atomic E-state index is -4.64. The number of ether oxygens (including phenoxy) is 1. The van der Waals surface area contributed by atoms with Gasteiger partial charge in [-0.05, 0) is 26.3 Å². The van der Waals surface area contributed by atoms with Crippen molar-refractivity contribution in [1.29, 1.82) is 0 Å². The van der Waals surface area contributed by atoms with Crippen LogP contribution in [0.4, 0.5) is 33.7 Å². The van der Waals surface area contributed by atoms with Gasteiger partial charge < -0.3 is 14.5 Å². The summed E-state index contributed by atoms with van der Waals surface area (Å²) in [4.78, 5) is 20.0. The maximum Gasteiger partial charge on any atom is 0.408 e. The zero-order chi connectivity index (χ0) is 23.2. The molecule has 4 rings (SSSR count). The van der Waals surface area contributed by atoms with Crippen molar-refractivity contribution < 1.29 is 26.7 Å². The average Bonchev–Trinajstić information content (AvgIpc) is 3.16. The van der Waals surface area contributed by atoms with Gasteiger partial charge in [0.25, 0.3) is 5.56 Å². The third-order valence-corrected chi connectivity index (χ3v) is 5.81. The molecule has 1 saturated heterocycles. The zero-order valence-electron chi connectivity index (χ0n) is 17.5. The maximum atomic E-state index is 13.9. The Morgan fingerprint density at radius 2 is 1.91 bits per heavy atom. The predicted octanol–water partition coefficient (Wildman–Crippen LogP) is 2.79. The molecule has 13 heteroatoms. The monoisotopic (exact) mass is 462 g/mol. The van der Waals surface area contributed by atoms with Gasteiger partial charge in [0.1, 0.15) is 11.9 Å². The molecule has 176 valence electrons. The van der Waals surface area contributed by atoms with Crippen molar-refractivity contribution in [2.24, 2.45) is 0 Å². The van der Waals surface area contributed by atoms with Gasteiger partial charge in [0, 0.05) is 18.8 Å². The minimum Gasteiger partial charge on any atom is -0.377 e. The highest BCUT2D eigenvalue weighted by Gasteiger charge is 2.47. The quantitative estimate of drug-likeness (QED) is 0.651. The van der Waals surface area contributed by atoms with Gasteiger partial charge in [-0.15, -0.1) is 0 Å². The number of morpholine rings is 1. The van der Waals surface area contributed by atoms with Gasteiger partial charge in [-0.25, -0.2) is 4.68 Å². The Morgan fingerprint density at radius 3 is 2.53 bits per heavy atom. The second-order valence-electron chi connectivity index (χ2n) is 8.07. The predicted molar refractivity (Wildman–Crippen MR) is 105 cm³/mol. The summed E-state index contributed by atoms with van der Waals surface area (Å²) in [6, 6.07) is 0.253. The molecule has 2 aromatic rings. The lowest BCUT2D eigenvalue weighted by Crippen LogP contribution is -2.54. The summed E-state index contributed by atoms with van der Waals surface area (Å²) in [6.07, 6.45) is -3.94. The first-order valence-corrected chi connectivity index (χ1v) is 10.2. The van der Waals surface area contributed by atoms with Gasteiger partial charge in [-0.1, -0.05) is 0 Å². The fourth-order valence-electron chi connectivity index (χ4n) is 4.38. The number of anilines is 2. The molecule has 2 aliphatic rings. The Bertz CT molecular complexity index is 1010. The molecule has 0 saturated carbocycles. The van der Waals surface area contributed by atoms with E-state index < -0.39 is 37.3 Å². The van der Waals surface area contributed by atoms with Gasteiger partial charge in [-0.3, -0.25) is 9.36 Å². The third-order valence-electron chi connectivity index (χ3n) is 5.81. The van der Waals surface area contributed by atoms with E-state index in [0.29, 0.717) is 17.9 Å². The summed E-state index contributed by atoms with van der Waals surface area (Å²) < 4.78 is 75.2.